The van der Waals surface area contributed by atoms with Crippen LogP contribution in [0.1, 0.15) is 5.56 Å². The van der Waals surface area contributed by atoms with Gasteiger partial charge in [0, 0.05) is 18.1 Å². The van der Waals surface area contributed by atoms with Gasteiger partial charge in [-0.25, -0.2) is 0 Å². The van der Waals surface area contributed by atoms with Gasteiger partial charge in [-0.05, 0) is 48.0 Å². The van der Waals surface area contributed by atoms with Crippen molar-refractivity contribution >= 4 is 23.6 Å². The van der Waals surface area contributed by atoms with Crippen molar-refractivity contribution in [1.82, 2.24) is 4.90 Å². The fourth-order valence-electron chi connectivity index (χ4n) is 1.98. The second-order valence-electron chi connectivity index (χ2n) is 5.17. The highest BCUT2D eigenvalue weighted by atomic mass is 35.5. The summed E-state index contributed by atoms with van der Waals surface area (Å²) in [6.07, 6.45) is 3.30. The SMILES string of the molecule is COc1cccc(/C=C/C(=O)N(C)CCOc2ccc(Cl)cc2)c1. The van der Waals surface area contributed by atoms with E-state index in [9.17, 15) is 4.79 Å². The molecular formula is C19H20ClNO3. The second-order valence-corrected chi connectivity index (χ2v) is 5.61. The van der Waals surface area contributed by atoms with E-state index in [4.69, 9.17) is 21.1 Å². The number of ether oxygens (including phenoxy) is 2. The molecule has 2 aromatic carbocycles. The summed E-state index contributed by atoms with van der Waals surface area (Å²) in [5.41, 5.74) is 0.911. The Morgan fingerprint density at radius 2 is 1.92 bits per heavy atom. The number of hydrogen-bond donors (Lipinski definition) is 0. The van der Waals surface area contributed by atoms with Crippen LogP contribution in [-0.2, 0) is 4.79 Å². The van der Waals surface area contributed by atoms with Gasteiger partial charge in [-0.1, -0.05) is 23.7 Å². The molecule has 4 nitrogen and oxygen atoms in total. The minimum Gasteiger partial charge on any atom is -0.497 e. The van der Waals surface area contributed by atoms with E-state index < -0.39 is 0 Å². The normalized spacial score (nSPS) is 10.6. The molecule has 0 aromatic heterocycles. The molecule has 0 spiro atoms. The molecule has 1 amide bonds. The van der Waals surface area contributed by atoms with Crippen molar-refractivity contribution in [3.05, 3.63) is 65.2 Å². The molecule has 2 rings (SSSR count). The molecular weight excluding hydrogens is 326 g/mol. The second kappa shape index (κ2) is 8.99. The average Bonchev–Trinajstić information content (AvgIpc) is 2.61. The number of carbonyl (C=O) groups is 1. The van der Waals surface area contributed by atoms with Crippen LogP contribution < -0.4 is 9.47 Å². The molecule has 0 saturated carbocycles. The van der Waals surface area contributed by atoms with Gasteiger partial charge >= 0.3 is 0 Å². The lowest BCUT2D eigenvalue weighted by atomic mass is 10.2. The van der Waals surface area contributed by atoms with Crippen LogP contribution in [0.25, 0.3) is 6.08 Å². The minimum absolute atomic E-state index is 0.0856. The van der Waals surface area contributed by atoms with Gasteiger partial charge in [0.15, 0.2) is 0 Å². The van der Waals surface area contributed by atoms with Crippen LogP contribution in [0, 0.1) is 0 Å². The predicted molar refractivity (Wildman–Crippen MR) is 96.6 cm³/mol. The van der Waals surface area contributed by atoms with Crippen molar-refractivity contribution in [2.45, 2.75) is 0 Å². The van der Waals surface area contributed by atoms with Crippen LogP contribution in [0.4, 0.5) is 0 Å². The molecule has 0 heterocycles. The highest BCUT2D eigenvalue weighted by Crippen LogP contribution is 2.15. The first kappa shape index (κ1) is 17.9. The van der Waals surface area contributed by atoms with E-state index in [1.807, 2.05) is 24.3 Å². The summed E-state index contributed by atoms with van der Waals surface area (Å²) in [5.74, 6) is 1.40. The Kier molecular flexibility index (Phi) is 6.70. The summed E-state index contributed by atoms with van der Waals surface area (Å²) in [7, 11) is 3.35. The molecule has 2 aromatic rings. The summed E-state index contributed by atoms with van der Waals surface area (Å²) in [4.78, 5) is 13.7. The Bertz CT molecular complexity index is 698. The molecule has 0 atom stereocenters. The molecule has 24 heavy (non-hydrogen) atoms. The molecule has 126 valence electrons. The van der Waals surface area contributed by atoms with Crippen LogP contribution in [0.5, 0.6) is 11.5 Å². The Morgan fingerprint density at radius 3 is 2.62 bits per heavy atom. The molecule has 0 bridgehead atoms. The number of amides is 1. The number of hydrogen-bond acceptors (Lipinski definition) is 3. The Hall–Kier alpha value is -2.46. The van der Waals surface area contributed by atoms with Crippen molar-refractivity contribution in [2.24, 2.45) is 0 Å². The molecule has 0 aliphatic heterocycles. The number of benzene rings is 2. The van der Waals surface area contributed by atoms with E-state index in [-0.39, 0.29) is 5.91 Å². The average molecular weight is 346 g/mol. The van der Waals surface area contributed by atoms with Crippen molar-refractivity contribution < 1.29 is 14.3 Å². The summed E-state index contributed by atoms with van der Waals surface area (Å²) < 4.78 is 10.7. The summed E-state index contributed by atoms with van der Waals surface area (Å²) in [6, 6.07) is 14.7. The third kappa shape index (κ3) is 5.63. The highest BCUT2D eigenvalue weighted by Gasteiger charge is 2.05. The summed E-state index contributed by atoms with van der Waals surface area (Å²) in [5, 5.41) is 0.664. The molecule has 0 aliphatic carbocycles. The summed E-state index contributed by atoms with van der Waals surface area (Å²) in [6.45, 7) is 0.904. The number of methoxy groups -OCH3 is 1. The third-order valence-corrected chi connectivity index (χ3v) is 3.65. The van der Waals surface area contributed by atoms with Gasteiger partial charge in [-0.2, -0.15) is 0 Å². The largest absolute Gasteiger partial charge is 0.497 e. The maximum absolute atomic E-state index is 12.1. The van der Waals surface area contributed by atoms with Crippen molar-refractivity contribution in [1.29, 1.82) is 0 Å². The monoisotopic (exact) mass is 345 g/mol. The van der Waals surface area contributed by atoms with Crippen molar-refractivity contribution in [3.63, 3.8) is 0 Å². The van der Waals surface area contributed by atoms with E-state index in [1.165, 1.54) is 6.08 Å². The lowest BCUT2D eigenvalue weighted by molar-refractivity contribution is -0.125. The fourth-order valence-corrected chi connectivity index (χ4v) is 2.11. The molecule has 0 saturated heterocycles. The van der Waals surface area contributed by atoms with Crippen LogP contribution in [0.2, 0.25) is 5.02 Å². The lowest BCUT2D eigenvalue weighted by Gasteiger charge is -2.15. The Morgan fingerprint density at radius 1 is 1.17 bits per heavy atom. The van der Waals surface area contributed by atoms with Crippen LogP contribution in [-0.4, -0.2) is 38.1 Å². The number of likely N-dealkylation sites (N-methyl/N-ethyl adjacent to an activating group) is 1. The standard InChI is InChI=1S/C19H20ClNO3/c1-21(12-13-24-17-9-7-16(20)8-10-17)19(22)11-6-15-4-3-5-18(14-15)23-2/h3-11,14H,12-13H2,1-2H3/b11-6+. The first-order valence-electron chi connectivity index (χ1n) is 7.54. The predicted octanol–water partition coefficient (Wildman–Crippen LogP) is 3.90. The smallest absolute Gasteiger partial charge is 0.246 e. The lowest BCUT2D eigenvalue weighted by Crippen LogP contribution is -2.29. The number of carbonyl (C=O) groups excluding carboxylic acids is 1. The molecule has 0 fully saturated rings. The van der Waals surface area contributed by atoms with Crippen LogP contribution in [0.3, 0.4) is 0 Å². The first-order valence-corrected chi connectivity index (χ1v) is 7.92. The van der Waals surface area contributed by atoms with Gasteiger partial charge in [0.2, 0.25) is 5.91 Å². The Labute approximate surface area is 147 Å². The molecule has 0 aliphatic rings. The third-order valence-electron chi connectivity index (χ3n) is 3.40. The Balaban J connectivity index is 1.80. The van der Waals surface area contributed by atoms with Crippen molar-refractivity contribution in [2.75, 3.05) is 27.3 Å². The van der Waals surface area contributed by atoms with E-state index >= 15 is 0 Å². The van der Waals surface area contributed by atoms with Crippen LogP contribution in [0.15, 0.2) is 54.6 Å². The fraction of sp³-hybridized carbons (Fsp3) is 0.211. The first-order chi connectivity index (χ1) is 11.6. The van der Waals surface area contributed by atoms with Crippen molar-refractivity contribution in [3.8, 4) is 11.5 Å². The highest BCUT2D eigenvalue weighted by molar-refractivity contribution is 6.30. The van der Waals surface area contributed by atoms with Gasteiger partial charge in [-0.3, -0.25) is 4.79 Å². The van der Waals surface area contributed by atoms with Gasteiger partial charge in [-0.15, -0.1) is 0 Å². The van der Waals surface area contributed by atoms with Gasteiger partial charge < -0.3 is 14.4 Å². The number of nitrogens with zero attached hydrogens (tertiary/aromatic N) is 1. The topological polar surface area (TPSA) is 38.8 Å². The van der Waals surface area contributed by atoms with E-state index in [1.54, 1.807) is 49.4 Å². The van der Waals surface area contributed by atoms with E-state index in [0.717, 1.165) is 17.1 Å². The van der Waals surface area contributed by atoms with Gasteiger partial charge in [0.1, 0.15) is 18.1 Å². The molecule has 0 unspecified atom stereocenters. The zero-order chi connectivity index (χ0) is 17.4. The zero-order valence-electron chi connectivity index (χ0n) is 13.7. The minimum atomic E-state index is -0.0856. The molecule has 5 heteroatoms. The quantitative estimate of drug-likeness (QED) is 0.714. The zero-order valence-corrected chi connectivity index (χ0v) is 14.5. The van der Waals surface area contributed by atoms with E-state index in [2.05, 4.69) is 0 Å². The van der Waals surface area contributed by atoms with Crippen LogP contribution >= 0.6 is 11.6 Å². The maximum Gasteiger partial charge on any atom is 0.246 e. The number of rotatable bonds is 7. The molecule has 0 radical (unpaired) electrons. The van der Waals surface area contributed by atoms with E-state index in [0.29, 0.717) is 18.2 Å². The summed E-state index contributed by atoms with van der Waals surface area (Å²) >= 11 is 5.82. The maximum atomic E-state index is 12.1. The molecule has 0 N–H and O–H groups in total. The number of halogens is 1. The van der Waals surface area contributed by atoms with Gasteiger partial charge in [0.25, 0.3) is 0 Å². The van der Waals surface area contributed by atoms with Gasteiger partial charge in [0.05, 0.1) is 13.7 Å².